The van der Waals surface area contributed by atoms with Crippen LogP contribution in [-0.2, 0) is 16.6 Å². The third-order valence-electron chi connectivity index (χ3n) is 4.69. The smallest absolute Gasteiger partial charge is 0.251 e. The van der Waals surface area contributed by atoms with Crippen LogP contribution in [0.5, 0.6) is 0 Å². The summed E-state index contributed by atoms with van der Waals surface area (Å²) in [4.78, 5) is 12.5. The Hall–Kier alpha value is -2.35. The molecule has 0 saturated carbocycles. The number of hydrogen-bond acceptors (Lipinski definition) is 4. The van der Waals surface area contributed by atoms with Crippen LogP contribution in [0.15, 0.2) is 30.3 Å². The first-order chi connectivity index (χ1) is 12.8. The Morgan fingerprint density at radius 1 is 1.30 bits per heavy atom. The maximum Gasteiger partial charge on any atom is 0.251 e. The molecule has 1 saturated heterocycles. The standard InChI is InChI=1S/C19H26N4O3S/c1-14(13-22-16(3)10-15(2)21-22)12-20-19(24)17-6-4-7-18(11-17)23-8-5-9-27(23,25)26/h4,6-7,10-11,14H,5,8-9,12-13H2,1-3H3,(H,20,24)/t14-/m1/s1. The summed E-state index contributed by atoms with van der Waals surface area (Å²) in [5, 5.41) is 7.38. The van der Waals surface area contributed by atoms with Crippen molar-refractivity contribution in [2.45, 2.75) is 33.7 Å². The number of sulfonamides is 1. The lowest BCUT2D eigenvalue weighted by molar-refractivity contribution is 0.0946. The zero-order valence-electron chi connectivity index (χ0n) is 16.0. The van der Waals surface area contributed by atoms with Gasteiger partial charge in [0.15, 0.2) is 0 Å². The molecule has 1 aliphatic rings. The Morgan fingerprint density at radius 2 is 2.07 bits per heavy atom. The fourth-order valence-electron chi connectivity index (χ4n) is 3.32. The molecule has 0 aliphatic carbocycles. The average molecular weight is 391 g/mol. The second kappa shape index (κ2) is 7.72. The average Bonchev–Trinajstić information content (AvgIpc) is 3.13. The summed E-state index contributed by atoms with van der Waals surface area (Å²) in [7, 11) is -3.25. The first-order valence-corrected chi connectivity index (χ1v) is 10.8. The molecule has 1 fully saturated rings. The first-order valence-electron chi connectivity index (χ1n) is 9.16. The Kier molecular flexibility index (Phi) is 5.55. The van der Waals surface area contributed by atoms with Gasteiger partial charge in [-0.1, -0.05) is 13.0 Å². The van der Waals surface area contributed by atoms with E-state index in [-0.39, 0.29) is 17.6 Å². The first kappa shape index (κ1) is 19.4. The lowest BCUT2D eigenvalue weighted by Crippen LogP contribution is -2.31. The van der Waals surface area contributed by atoms with E-state index in [4.69, 9.17) is 0 Å². The van der Waals surface area contributed by atoms with Gasteiger partial charge in [0, 0.05) is 30.9 Å². The van der Waals surface area contributed by atoms with Gasteiger partial charge < -0.3 is 5.32 Å². The van der Waals surface area contributed by atoms with E-state index < -0.39 is 10.0 Å². The molecule has 2 heterocycles. The molecule has 7 nitrogen and oxygen atoms in total. The number of hydrogen-bond donors (Lipinski definition) is 1. The molecule has 1 atom stereocenters. The molecule has 1 aromatic carbocycles. The summed E-state index contributed by atoms with van der Waals surface area (Å²) in [6.07, 6.45) is 0.614. The van der Waals surface area contributed by atoms with E-state index in [1.54, 1.807) is 24.3 Å². The molecule has 1 aromatic heterocycles. The highest BCUT2D eigenvalue weighted by Gasteiger charge is 2.28. The van der Waals surface area contributed by atoms with Gasteiger partial charge in [-0.3, -0.25) is 13.8 Å². The molecule has 27 heavy (non-hydrogen) atoms. The molecule has 1 aliphatic heterocycles. The highest BCUT2D eigenvalue weighted by molar-refractivity contribution is 7.93. The lowest BCUT2D eigenvalue weighted by Gasteiger charge is -2.18. The highest BCUT2D eigenvalue weighted by atomic mass is 32.2. The quantitative estimate of drug-likeness (QED) is 0.819. The van der Waals surface area contributed by atoms with E-state index >= 15 is 0 Å². The van der Waals surface area contributed by atoms with Gasteiger partial charge in [-0.2, -0.15) is 5.10 Å². The maximum absolute atomic E-state index is 12.5. The third-order valence-corrected chi connectivity index (χ3v) is 6.56. The zero-order chi connectivity index (χ0) is 19.6. The van der Waals surface area contributed by atoms with Crippen molar-refractivity contribution < 1.29 is 13.2 Å². The Labute approximate surface area is 160 Å². The van der Waals surface area contributed by atoms with Crippen molar-refractivity contribution in [1.29, 1.82) is 0 Å². The molecule has 0 bridgehead atoms. The van der Waals surface area contributed by atoms with E-state index in [0.717, 1.165) is 17.9 Å². The number of aromatic nitrogens is 2. The minimum absolute atomic E-state index is 0.160. The Morgan fingerprint density at radius 3 is 2.70 bits per heavy atom. The van der Waals surface area contributed by atoms with E-state index in [2.05, 4.69) is 17.3 Å². The number of aryl methyl sites for hydroxylation is 2. The summed E-state index contributed by atoms with van der Waals surface area (Å²) >= 11 is 0. The number of nitrogens with zero attached hydrogens (tertiary/aromatic N) is 3. The van der Waals surface area contributed by atoms with Crippen molar-refractivity contribution in [3.63, 3.8) is 0 Å². The number of benzene rings is 1. The van der Waals surface area contributed by atoms with Crippen LogP contribution in [0.25, 0.3) is 0 Å². The molecule has 146 valence electrons. The summed E-state index contributed by atoms with van der Waals surface area (Å²) in [5.41, 5.74) is 3.10. The normalized spacial score (nSPS) is 17.1. The van der Waals surface area contributed by atoms with Crippen molar-refractivity contribution >= 4 is 21.6 Å². The van der Waals surface area contributed by atoms with Crippen molar-refractivity contribution in [2.24, 2.45) is 5.92 Å². The van der Waals surface area contributed by atoms with Gasteiger partial charge in [0.05, 0.1) is 17.1 Å². The second-order valence-corrected chi connectivity index (χ2v) is 9.23. The van der Waals surface area contributed by atoms with Gasteiger partial charge >= 0.3 is 0 Å². The lowest BCUT2D eigenvalue weighted by atomic mass is 10.1. The Balaban J connectivity index is 1.61. The molecule has 3 rings (SSSR count). The number of carbonyl (C=O) groups is 1. The molecule has 0 radical (unpaired) electrons. The number of amides is 1. The molecule has 2 aromatic rings. The summed E-state index contributed by atoms with van der Waals surface area (Å²) in [6.45, 7) is 7.75. The van der Waals surface area contributed by atoms with Crippen LogP contribution >= 0.6 is 0 Å². The molecule has 0 unspecified atom stereocenters. The van der Waals surface area contributed by atoms with Crippen LogP contribution in [-0.4, -0.2) is 42.9 Å². The summed E-state index contributed by atoms with van der Waals surface area (Å²) in [5.74, 6) is 0.176. The molecule has 1 amide bonds. The molecule has 0 spiro atoms. The van der Waals surface area contributed by atoms with Gasteiger partial charge in [0.25, 0.3) is 5.91 Å². The number of anilines is 1. The van der Waals surface area contributed by atoms with E-state index in [1.807, 2.05) is 24.6 Å². The SMILES string of the molecule is Cc1cc(C)n(C[C@H](C)CNC(=O)c2cccc(N3CCCS3(=O)=O)c2)n1. The van der Waals surface area contributed by atoms with Gasteiger partial charge in [0.2, 0.25) is 10.0 Å². The van der Waals surface area contributed by atoms with Crippen LogP contribution in [0.3, 0.4) is 0 Å². The molecular weight excluding hydrogens is 364 g/mol. The summed E-state index contributed by atoms with van der Waals surface area (Å²) < 4.78 is 27.5. The van der Waals surface area contributed by atoms with Crippen molar-refractivity contribution in [3.8, 4) is 0 Å². The Bertz CT molecular complexity index is 936. The highest BCUT2D eigenvalue weighted by Crippen LogP contribution is 2.24. The minimum Gasteiger partial charge on any atom is -0.352 e. The van der Waals surface area contributed by atoms with Crippen LogP contribution in [0.4, 0.5) is 5.69 Å². The van der Waals surface area contributed by atoms with E-state index in [9.17, 15) is 13.2 Å². The molecule has 1 N–H and O–H groups in total. The van der Waals surface area contributed by atoms with Crippen LogP contribution < -0.4 is 9.62 Å². The number of rotatable bonds is 6. The summed E-state index contributed by atoms with van der Waals surface area (Å²) in [6, 6.07) is 8.82. The topological polar surface area (TPSA) is 84.3 Å². The van der Waals surface area contributed by atoms with E-state index in [1.165, 1.54) is 4.31 Å². The van der Waals surface area contributed by atoms with Crippen molar-refractivity contribution in [2.75, 3.05) is 23.1 Å². The van der Waals surface area contributed by atoms with E-state index in [0.29, 0.717) is 30.8 Å². The van der Waals surface area contributed by atoms with Crippen molar-refractivity contribution in [1.82, 2.24) is 15.1 Å². The largest absolute Gasteiger partial charge is 0.352 e. The van der Waals surface area contributed by atoms with Gasteiger partial charge in [0.1, 0.15) is 0 Å². The van der Waals surface area contributed by atoms with Gasteiger partial charge in [-0.25, -0.2) is 8.42 Å². The van der Waals surface area contributed by atoms with Crippen LogP contribution in [0.2, 0.25) is 0 Å². The monoisotopic (exact) mass is 390 g/mol. The second-order valence-electron chi connectivity index (χ2n) is 7.22. The van der Waals surface area contributed by atoms with Crippen LogP contribution in [0.1, 0.15) is 35.1 Å². The fourth-order valence-corrected chi connectivity index (χ4v) is 4.88. The predicted molar refractivity (Wildman–Crippen MR) is 105 cm³/mol. The molecular formula is C19H26N4O3S. The van der Waals surface area contributed by atoms with Crippen molar-refractivity contribution in [3.05, 3.63) is 47.3 Å². The van der Waals surface area contributed by atoms with Gasteiger partial charge in [-0.05, 0) is 50.5 Å². The third kappa shape index (κ3) is 4.50. The van der Waals surface area contributed by atoms with Crippen LogP contribution in [0, 0.1) is 19.8 Å². The predicted octanol–water partition coefficient (Wildman–Crippen LogP) is 2.11. The minimum atomic E-state index is -3.25. The number of nitrogens with one attached hydrogen (secondary N) is 1. The zero-order valence-corrected chi connectivity index (χ0v) is 16.8. The number of carbonyl (C=O) groups excluding carboxylic acids is 1. The fraction of sp³-hybridized carbons (Fsp3) is 0.474. The maximum atomic E-state index is 12.5. The van der Waals surface area contributed by atoms with Gasteiger partial charge in [-0.15, -0.1) is 0 Å². The molecule has 8 heteroatoms.